The Hall–Kier alpha value is -3.44. The maximum absolute atomic E-state index is 5.93. The van der Waals surface area contributed by atoms with Crippen molar-refractivity contribution in [3.05, 3.63) is 101 Å². The second-order valence-corrected chi connectivity index (χ2v) is 6.17. The standard InChI is InChI=1S/C21H15ClN4O/c22-17-11-13-18(14-12-17)24-25-19(15-7-3-1-4-8-15)20-23-21(27-26-20)16-9-5-2-6-10-16/h1-14,24H/b25-19+. The van der Waals surface area contributed by atoms with Crippen LogP contribution in [0.15, 0.2) is 94.6 Å². The molecule has 132 valence electrons. The predicted octanol–water partition coefficient (Wildman–Crippen LogP) is 5.25. The summed E-state index contributed by atoms with van der Waals surface area (Å²) in [5.41, 5.74) is 6.14. The maximum atomic E-state index is 5.93. The first-order valence-corrected chi connectivity index (χ1v) is 8.71. The third kappa shape index (κ3) is 4.04. The van der Waals surface area contributed by atoms with Crippen molar-refractivity contribution in [1.82, 2.24) is 10.1 Å². The molecular weight excluding hydrogens is 360 g/mol. The minimum Gasteiger partial charge on any atom is -0.334 e. The van der Waals surface area contributed by atoms with Crippen LogP contribution in [0, 0.1) is 0 Å². The van der Waals surface area contributed by atoms with Crippen LogP contribution in [0.3, 0.4) is 0 Å². The van der Waals surface area contributed by atoms with Gasteiger partial charge in [0.25, 0.3) is 5.89 Å². The Morgan fingerprint density at radius 1 is 0.852 bits per heavy atom. The lowest BCUT2D eigenvalue weighted by Crippen LogP contribution is -2.08. The lowest BCUT2D eigenvalue weighted by molar-refractivity contribution is 0.429. The van der Waals surface area contributed by atoms with Crippen LogP contribution in [-0.2, 0) is 0 Å². The summed E-state index contributed by atoms with van der Waals surface area (Å²) >= 11 is 5.93. The molecule has 0 atom stereocenters. The van der Waals surface area contributed by atoms with E-state index in [0.29, 0.717) is 22.4 Å². The van der Waals surface area contributed by atoms with Crippen molar-refractivity contribution < 1.29 is 4.52 Å². The first kappa shape index (κ1) is 17.0. The molecule has 1 heterocycles. The summed E-state index contributed by atoms with van der Waals surface area (Å²) in [6.07, 6.45) is 0. The van der Waals surface area contributed by atoms with E-state index in [1.165, 1.54) is 0 Å². The van der Waals surface area contributed by atoms with Crippen molar-refractivity contribution in [2.45, 2.75) is 0 Å². The van der Waals surface area contributed by atoms with Gasteiger partial charge in [-0.2, -0.15) is 10.1 Å². The molecular formula is C21H15ClN4O. The van der Waals surface area contributed by atoms with Gasteiger partial charge < -0.3 is 4.52 Å². The van der Waals surface area contributed by atoms with Crippen molar-refractivity contribution in [2.24, 2.45) is 5.10 Å². The highest BCUT2D eigenvalue weighted by Crippen LogP contribution is 2.19. The van der Waals surface area contributed by atoms with E-state index in [4.69, 9.17) is 16.1 Å². The van der Waals surface area contributed by atoms with Crippen molar-refractivity contribution in [3.8, 4) is 11.5 Å². The zero-order valence-electron chi connectivity index (χ0n) is 14.2. The molecule has 1 N–H and O–H groups in total. The van der Waals surface area contributed by atoms with E-state index in [9.17, 15) is 0 Å². The number of nitrogens with zero attached hydrogens (tertiary/aromatic N) is 3. The molecule has 3 aromatic carbocycles. The lowest BCUT2D eigenvalue weighted by Gasteiger charge is -2.05. The van der Waals surface area contributed by atoms with Crippen LogP contribution in [0.2, 0.25) is 5.02 Å². The second-order valence-electron chi connectivity index (χ2n) is 5.73. The highest BCUT2D eigenvalue weighted by molar-refractivity contribution is 6.30. The van der Waals surface area contributed by atoms with E-state index in [-0.39, 0.29) is 0 Å². The predicted molar refractivity (Wildman–Crippen MR) is 107 cm³/mol. The largest absolute Gasteiger partial charge is 0.334 e. The fourth-order valence-electron chi connectivity index (χ4n) is 2.50. The van der Waals surface area contributed by atoms with Crippen molar-refractivity contribution in [2.75, 3.05) is 5.43 Å². The Balaban J connectivity index is 1.69. The lowest BCUT2D eigenvalue weighted by atomic mass is 10.1. The van der Waals surface area contributed by atoms with Gasteiger partial charge in [0, 0.05) is 16.1 Å². The Morgan fingerprint density at radius 2 is 1.52 bits per heavy atom. The fourth-order valence-corrected chi connectivity index (χ4v) is 2.63. The van der Waals surface area contributed by atoms with Crippen molar-refractivity contribution >= 4 is 23.0 Å². The highest BCUT2D eigenvalue weighted by atomic mass is 35.5. The molecule has 0 bridgehead atoms. The number of aromatic nitrogens is 2. The summed E-state index contributed by atoms with van der Waals surface area (Å²) in [7, 11) is 0. The summed E-state index contributed by atoms with van der Waals surface area (Å²) in [5, 5.41) is 9.29. The Kier molecular flexibility index (Phi) is 4.94. The molecule has 27 heavy (non-hydrogen) atoms. The van der Waals surface area contributed by atoms with Crippen LogP contribution in [-0.4, -0.2) is 15.9 Å². The van der Waals surface area contributed by atoms with Crippen LogP contribution < -0.4 is 5.43 Å². The van der Waals surface area contributed by atoms with E-state index >= 15 is 0 Å². The molecule has 0 radical (unpaired) electrons. The van der Waals surface area contributed by atoms with Gasteiger partial charge in [-0.1, -0.05) is 65.3 Å². The Morgan fingerprint density at radius 3 is 2.22 bits per heavy atom. The molecule has 0 fully saturated rings. The van der Waals surface area contributed by atoms with Gasteiger partial charge >= 0.3 is 0 Å². The van der Waals surface area contributed by atoms with Gasteiger partial charge in [0.05, 0.1) is 5.69 Å². The summed E-state index contributed by atoms with van der Waals surface area (Å²) in [4.78, 5) is 4.51. The molecule has 0 saturated heterocycles. The highest BCUT2D eigenvalue weighted by Gasteiger charge is 2.16. The normalized spacial score (nSPS) is 11.4. The van der Waals surface area contributed by atoms with Gasteiger partial charge in [-0.15, -0.1) is 0 Å². The molecule has 1 aromatic heterocycles. The molecule has 6 heteroatoms. The third-order valence-corrected chi connectivity index (χ3v) is 4.10. The van der Waals surface area contributed by atoms with E-state index < -0.39 is 0 Å². The minimum atomic E-state index is 0.404. The number of hydrogen-bond donors (Lipinski definition) is 1. The van der Waals surface area contributed by atoms with E-state index in [1.807, 2.05) is 72.8 Å². The molecule has 0 saturated carbocycles. The smallest absolute Gasteiger partial charge is 0.258 e. The number of benzene rings is 3. The van der Waals surface area contributed by atoms with Crippen LogP contribution in [0.5, 0.6) is 0 Å². The molecule has 4 rings (SSSR count). The third-order valence-electron chi connectivity index (χ3n) is 3.85. The average Bonchev–Trinajstić information content (AvgIpc) is 3.21. The summed E-state index contributed by atoms with van der Waals surface area (Å²) in [5.74, 6) is 0.849. The number of anilines is 1. The SMILES string of the molecule is Clc1ccc(N/N=C(\c2ccccc2)c2noc(-c3ccccc3)n2)cc1. The summed E-state index contributed by atoms with van der Waals surface area (Å²) in [6.45, 7) is 0. The second kappa shape index (κ2) is 7.85. The molecule has 0 amide bonds. The van der Waals surface area contributed by atoms with Crippen LogP contribution >= 0.6 is 11.6 Å². The zero-order valence-corrected chi connectivity index (χ0v) is 15.0. The minimum absolute atomic E-state index is 0.404. The Labute approximate surface area is 161 Å². The number of hydrogen-bond acceptors (Lipinski definition) is 5. The van der Waals surface area contributed by atoms with Crippen LogP contribution in [0.1, 0.15) is 11.4 Å². The van der Waals surface area contributed by atoms with Crippen LogP contribution in [0.25, 0.3) is 11.5 Å². The Bertz CT molecular complexity index is 1040. The van der Waals surface area contributed by atoms with Gasteiger partial charge in [-0.3, -0.25) is 5.43 Å². The number of nitrogens with one attached hydrogen (secondary N) is 1. The van der Waals surface area contributed by atoms with Gasteiger partial charge in [0.15, 0.2) is 0 Å². The van der Waals surface area contributed by atoms with Gasteiger partial charge in [0.2, 0.25) is 5.82 Å². The zero-order chi connectivity index (χ0) is 18.5. The number of rotatable bonds is 5. The van der Waals surface area contributed by atoms with Crippen molar-refractivity contribution in [1.29, 1.82) is 0 Å². The number of hydrazone groups is 1. The monoisotopic (exact) mass is 374 g/mol. The first-order chi connectivity index (χ1) is 13.3. The molecule has 0 spiro atoms. The van der Waals surface area contributed by atoms with Gasteiger partial charge in [-0.25, -0.2) is 0 Å². The summed E-state index contributed by atoms with van der Waals surface area (Å²) < 4.78 is 5.43. The summed E-state index contributed by atoms with van der Waals surface area (Å²) in [6, 6.07) is 26.6. The molecule has 0 aliphatic rings. The van der Waals surface area contributed by atoms with Crippen LogP contribution in [0.4, 0.5) is 5.69 Å². The molecule has 0 aliphatic carbocycles. The first-order valence-electron chi connectivity index (χ1n) is 8.34. The molecule has 4 aromatic rings. The van der Waals surface area contributed by atoms with Gasteiger partial charge in [-0.05, 0) is 36.4 Å². The number of halogens is 1. The molecule has 0 unspecified atom stereocenters. The van der Waals surface area contributed by atoms with E-state index in [0.717, 1.165) is 16.8 Å². The molecule has 5 nitrogen and oxygen atoms in total. The van der Waals surface area contributed by atoms with E-state index in [2.05, 4.69) is 20.7 Å². The fraction of sp³-hybridized carbons (Fsp3) is 0. The van der Waals surface area contributed by atoms with Gasteiger partial charge in [0.1, 0.15) is 5.71 Å². The average molecular weight is 375 g/mol. The molecule has 0 aliphatic heterocycles. The van der Waals surface area contributed by atoms with Crippen molar-refractivity contribution in [3.63, 3.8) is 0 Å². The maximum Gasteiger partial charge on any atom is 0.258 e. The van der Waals surface area contributed by atoms with E-state index in [1.54, 1.807) is 12.1 Å². The quantitative estimate of drug-likeness (QED) is 0.382. The topological polar surface area (TPSA) is 63.3 Å².